The lowest BCUT2D eigenvalue weighted by molar-refractivity contribution is 0.494. The number of rotatable bonds is 3. The highest BCUT2D eigenvalue weighted by Crippen LogP contribution is 2.19. The SMILES string of the molecule is CC(C)(C)NS(=O)(=O)Nc1cccnc1Br. The first-order chi connectivity index (χ1) is 7.20. The summed E-state index contributed by atoms with van der Waals surface area (Å²) in [6.07, 6.45) is 1.57. The van der Waals surface area contributed by atoms with Gasteiger partial charge < -0.3 is 0 Å². The molecule has 0 amide bonds. The fourth-order valence-electron chi connectivity index (χ4n) is 1.04. The van der Waals surface area contributed by atoms with Crippen LogP contribution in [0.4, 0.5) is 5.69 Å². The van der Waals surface area contributed by atoms with Crippen molar-refractivity contribution >= 4 is 31.8 Å². The van der Waals surface area contributed by atoms with Crippen molar-refractivity contribution in [3.8, 4) is 0 Å². The number of hydrogen-bond donors (Lipinski definition) is 2. The number of nitrogens with zero attached hydrogens (tertiary/aromatic N) is 1. The van der Waals surface area contributed by atoms with Gasteiger partial charge in [0.2, 0.25) is 0 Å². The molecule has 1 aromatic heterocycles. The van der Waals surface area contributed by atoms with Crippen molar-refractivity contribution in [2.45, 2.75) is 26.3 Å². The highest BCUT2D eigenvalue weighted by Gasteiger charge is 2.20. The normalized spacial score (nSPS) is 12.5. The van der Waals surface area contributed by atoms with Gasteiger partial charge in [0.25, 0.3) is 10.2 Å². The lowest BCUT2D eigenvalue weighted by Gasteiger charge is -2.21. The van der Waals surface area contributed by atoms with E-state index < -0.39 is 15.7 Å². The molecular formula is C9H14BrN3O2S. The van der Waals surface area contributed by atoms with Crippen LogP contribution in [-0.4, -0.2) is 18.9 Å². The Kier molecular flexibility index (Phi) is 3.92. The fourth-order valence-corrected chi connectivity index (χ4v) is 2.83. The monoisotopic (exact) mass is 307 g/mol. The molecule has 0 aliphatic rings. The Labute approximate surface area is 104 Å². The predicted molar refractivity (Wildman–Crippen MR) is 67.4 cm³/mol. The third kappa shape index (κ3) is 4.46. The molecule has 0 unspecified atom stereocenters. The summed E-state index contributed by atoms with van der Waals surface area (Å²) in [5.74, 6) is 0. The van der Waals surface area contributed by atoms with Crippen LogP contribution in [0.15, 0.2) is 22.9 Å². The molecule has 0 aliphatic heterocycles. The van der Waals surface area contributed by atoms with Crippen molar-refractivity contribution in [2.24, 2.45) is 0 Å². The number of nitrogens with one attached hydrogen (secondary N) is 2. The Morgan fingerprint density at radius 2 is 2.00 bits per heavy atom. The minimum absolute atomic E-state index is 0.402. The smallest absolute Gasteiger partial charge is 0.268 e. The highest BCUT2D eigenvalue weighted by molar-refractivity contribution is 9.10. The summed E-state index contributed by atoms with van der Waals surface area (Å²) >= 11 is 3.16. The Morgan fingerprint density at radius 3 is 2.50 bits per heavy atom. The van der Waals surface area contributed by atoms with Gasteiger partial charge in [-0.25, -0.2) is 4.98 Å². The molecule has 0 spiro atoms. The second-order valence-corrected chi connectivity index (χ2v) is 6.47. The molecule has 0 fully saturated rings. The number of aromatic nitrogens is 1. The maximum atomic E-state index is 11.7. The van der Waals surface area contributed by atoms with Gasteiger partial charge in [-0.1, -0.05) is 0 Å². The Morgan fingerprint density at radius 1 is 1.38 bits per heavy atom. The van der Waals surface area contributed by atoms with Crippen molar-refractivity contribution in [3.05, 3.63) is 22.9 Å². The second kappa shape index (κ2) is 4.68. The molecule has 2 N–H and O–H groups in total. The van der Waals surface area contributed by atoms with E-state index >= 15 is 0 Å². The molecule has 5 nitrogen and oxygen atoms in total. The molecule has 90 valence electrons. The maximum absolute atomic E-state index is 11.7. The van der Waals surface area contributed by atoms with Crippen molar-refractivity contribution in [3.63, 3.8) is 0 Å². The van der Waals surface area contributed by atoms with Crippen molar-refractivity contribution in [2.75, 3.05) is 4.72 Å². The minimum Gasteiger partial charge on any atom is -0.268 e. The molecule has 0 bridgehead atoms. The fraction of sp³-hybridized carbons (Fsp3) is 0.444. The van der Waals surface area contributed by atoms with Crippen molar-refractivity contribution < 1.29 is 8.42 Å². The molecule has 1 rings (SSSR count). The third-order valence-electron chi connectivity index (χ3n) is 1.44. The van der Waals surface area contributed by atoms with Crippen molar-refractivity contribution in [1.29, 1.82) is 0 Å². The lowest BCUT2D eigenvalue weighted by atomic mass is 10.1. The molecule has 1 aromatic rings. The van der Waals surface area contributed by atoms with E-state index in [9.17, 15) is 8.42 Å². The molecule has 7 heteroatoms. The quantitative estimate of drug-likeness (QED) is 0.838. The topological polar surface area (TPSA) is 71.1 Å². The summed E-state index contributed by atoms with van der Waals surface area (Å²) < 4.78 is 28.7. The van der Waals surface area contributed by atoms with Gasteiger partial charge in [-0.2, -0.15) is 13.1 Å². The summed E-state index contributed by atoms with van der Waals surface area (Å²) in [4.78, 5) is 3.92. The van der Waals surface area contributed by atoms with Gasteiger partial charge in [0.15, 0.2) is 0 Å². The van der Waals surface area contributed by atoms with Crippen LogP contribution in [0, 0.1) is 0 Å². The Balaban J connectivity index is 2.86. The van der Waals surface area contributed by atoms with Crippen molar-refractivity contribution in [1.82, 2.24) is 9.71 Å². The van der Waals surface area contributed by atoms with E-state index in [0.717, 1.165) is 0 Å². The van der Waals surface area contributed by atoms with Crippen LogP contribution in [0.2, 0.25) is 0 Å². The number of hydrogen-bond acceptors (Lipinski definition) is 3. The van der Waals surface area contributed by atoms with Crippen LogP contribution in [0.25, 0.3) is 0 Å². The van der Waals surface area contributed by atoms with E-state index in [2.05, 4.69) is 30.4 Å². The van der Waals surface area contributed by atoms with E-state index in [-0.39, 0.29) is 0 Å². The molecule has 16 heavy (non-hydrogen) atoms. The number of halogens is 1. The van der Waals surface area contributed by atoms with Crippen LogP contribution in [-0.2, 0) is 10.2 Å². The van der Waals surface area contributed by atoms with Gasteiger partial charge in [-0.05, 0) is 48.8 Å². The van der Waals surface area contributed by atoms with Crippen LogP contribution in [0.5, 0.6) is 0 Å². The second-order valence-electron chi connectivity index (χ2n) is 4.30. The largest absolute Gasteiger partial charge is 0.299 e. The average molecular weight is 308 g/mol. The van der Waals surface area contributed by atoms with Crippen LogP contribution in [0.1, 0.15) is 20.8 Å². The summed E-state index contributed by atoms with van der Waals surface area (Å²) in [6.45, 7) is 5.31. The lowest BCUT2D eigenvalue weighted by Crippen LogP contribution is -2.43. The van der Waals surface area contributed by atoms with Crippen LogP contribution in [0.3, 0.4) is 0 Å². The number of anilines is 1. The van der Waals surface area contributed by atoms with Gasteiger partial charge in [0.05, 0.1) is 5.69 Å². The Hall–Kier alpha value is -0.660. The molecule has 0 saturated heterocycles. The van der Waals surface area contributed by atoms with E-state index in [1.165, 1.54) is 0 Å². The zero-order valence-corrected chi connectivity index (χ0v) is 11.7. The Bertz CT molecular complexity index is 468. The molecule has 0 radical (unpaired) electrons. The summed E-state index contributed by atoms with van der Waals surface area (Å²) in [6, 6.07) is 3.28. The van der Waals surface area contributed by atoms with Gasteiger partial charge in [0, 0.05) is 11.7 Å². The van der Waals surface area contributed by atoms with E-state index in [1.54, 1.807) is 39.1 Å². The molecule has 0 saturated carbocycles. The molecule has 0 atom stereocenters. The predicted octanol–water partition coefficient (Wildman–Crippen LogP) is 1.89. The summed E-state index contributed by atoms with van der Waals surface area (Å²) in [7, 11) is -3.58. The molecule has 0 aromatic carbocycles. The zero-order chi connectivity index (χ0) is 12.4. The molecule has 0 aliphatic carbocycles. The van der Waals surface area contributed by atoms with Gasteiger partial charge in [0.1, 0.15) is 4.60 Å². The minimum atomic E-state index is -3.58. The summed E-state index contributed by atoms with van der Waals surface area (Å²) in [5.41, 5.74) is -0.125. The average Bonchev–Trinajstić information content (AvgIpc) is 2.04. The third-order valence-corrected chi connectivity index (χ3v) is 3.45. The number of pyridine rings is 1. The summed E-state index contributed by atoms with van der Waals surface area (Å²) in [5, 5.41) is 0. The van der Waals surface area contributed by atoms with E-state index in [4.69, 9.17) is 0 Å². The first-order valence-corrected chi connectivity index (χ1v) is 6.89. The first kappa shape index (κ1) is 13.4. The van der Waals surface area contributed by atoms with E-state index in [1.807, 2.05) is 0 Å². The van der Waals surface area contributed by atoms with Gasteiger partial charge >= 0.3 is 0 Å². The van der Waals surface area contributed by atoms with Crippen LogP contribution >= 0.6 is 15.9 Å². The highest BCUT2D eigenvalue weighted by atomic mass is 79.9. The first-order valence-electron chi connectivity index (χ1n) is 4.62. The molecule has 1 heterocycles. The van der Waals surface area contributed by atoms with Gasteiger partial charge in [-0.3, -0.25) is 4.72 Å². The van der Waals surface area contributed by atoms with Gasteiger partial charge in [-0.15, -0.1) is 0 Å². The van der Waals surface area contributed by atoms with Crippen LogP contribution < -0.4 is 9.44 Å². The standard InChI is InChI=1S/C9H14BrN3O2S/c1-9(2,3)13-16(14,15)12-7-5-4-6-11-8(7)10/h4-6,12-13H,1-3H3. The van der Waals surface area contributed by atoms with E-state index in [0.29, 0.717) is 10.3 Å². The molecular weight excluding hydrogens is 294 g/mol. The zero-order valence-electron chi connectivity index (χ0n) is 9.28. The maximum Gasteiger partial charge on any atom is 0.299 e.